The zero-order chi connectivity index (χ0) is 15.4. The van der Waals surface area contributed by atoms with Gasteiger partial charge in [0.05, 0.1) is 13.2 Å². The fourth-order valence-corrected chi connectivity index (χ4v) is 3.13. The lowest BCUT2D eigenvalue weighted by atomic mass is 10.1. The third-order valence-electron chi connectivity index (χ3n) is 4.41. The van der Waals surface area contributed by atoms with Gasteiger partial charge in [-0.05, 0) is 43.9 Å². The summed E-state index contributed by atoms with van der Waals surface area (Å²) in [5.74, 6) is 1.45. The number of ether oxygens (including phenoxy) is 2. The maximum atomic E-state index is 12.5. The maximum Gasteiger partial charge on any atom is 0.254 e. The van der Waals surface area contributed by atoms with Crippen molar-refractivity contribution in [3.63, 3.8) is 0 Å². The fraction of sp³-hybridized carbons (Fsp3) is 0.588. The van der Waals surface area contributed by atoms with Gasteiger partial charge >= 0.3 is 0 Å². The highest BCUT2D eigenvalue weighted by Crippen LogP contribution is 2.32. The van der Waals surface area contributed by atoms with Crippen molar-refractivity contribution in [1.82, 2.24) is 10.2 Å². The second-order valence-electron chi connectivity index (χ2n) is 5.93. The summed E-state index contributed by atoms with van der Waals surface area (Å²) in [6.45, 7) is 3.21. The number of carbonyl (C=O) groups excluding carboxylic acids is 1. The molecule has 3 rings (SSSR count). The number of carbonyl (C=O) groups is 1. The van der Waals surface area contributed by atoms with Crippen molar-refractivity contribution in [2.45, 2.75) is 31.8 Å². The topological polar surface area (TPSA) is 50.8 Å². The highest BCUT2D eigenvalue weighted by atomic mass is 16.5. The lowest BCUT2D eigenvalue weighted by Gasteiger charge is -2.27. The summed E-state index contributed by atoms with van der Waals surface area (Å²) in [5, 5.41) is 3.25. The van der Waals surface area contributed by atoms with Crippen LogP contribution in [-0.4, -0.2) is 50.2 Å². The molecule has 2 aliphatic rings. The van der Waals surface area contributed by atoms with Gasteiger partial charge in [0.15, 0.2) is 11.5 Å². The monoisotopic (exact) mass is 304 g/mol. The van der Waals surface area contributed by atoms with Crippen LogP contribution in [0.5, 0.6) is 11.5 Å². The first-order chi connectivity index (χ1) is 10.8. The van der Waals surface area contributed by atoms with E-state index in [9.17, 15) is 4.79 Å². The lowest BCUT2D eigenvalue weighted by molar-refractivity contribution is 0.0735. The molecule has 0 spiro atoms. The molecule has 5 nitrogen and oxygen atoms in total. The van der Waals surface area contributed by atoms with Crippen LogP contribution in [0, 0.1) is 0 Å². The number of rotatable bonds is 4. The van der Waals surface area contributed by atoms with Crippen LogP contribution in [-0.2, 0) is 0 Å². The molecule has 1 aliphatic carbocycles. The Bertz CT molecular complexity index is 521. The van der Waals surface area contributed by atoms with E-state index in [0.717, 1.165) is 44.8 Å². The first-order valence-electron chi connectivity index (χ1n) is 8.12. The van der Waals surface area contributed by atoms with E-state index in [1.807, 2.05) is 17.0 Å². The van der Waals surface area contributed by atoms with E-state index < -0.39 is 0 Å². The molecule has 1 saturated carbocycles. The van der Waals surface area contributed by atoms with Gasteiger partial charge < -0.3 is 19.7 Å². The molecule has 0 atom stereocenters. The highest BCUT2D eigenvalue weighted by Gasteiger charge is 2.21. The molecule has 1 aromatic carbocycles. The zero-order valence-electron chi connectivity index (χ0n) is 13.1. The van der Waals surface area contributed by atoms with Crippen molar-refractivity contribution in [2.75, 3.05) is 33.3 Å². The van der Waals surface area contributed by atoms with E-state index >= 15 is 0 Å². The number of nitrogens with one attached hydrogen (secondary N) is 1. The average molecular weight is 304 g/mol. The number of hydrogen-bond acceptors (Lipinski definition) is 4. The van der Waals surface area contributed by atoms with Gasteiger partial charge in [-0.2, -0.15) is 0 Å². The van der Waals surface area contributed by atoms with Crippen molar-refractivity contribution in [2.24, 2.45) is 0 Å². The minimum absolute atomic E-state index is 0.0622. The second-order valence-corrected chi connectivity index (χ2v) is 5.93. The number of amides is 1. The molecule has 1 heterocycles. The number of nitrogens with zero attached hydrogens (tertiary/aromatic N) is 1. The van der Waals surface area contributed by atoms with Crippen molar-refractivity contribution >= 4 is 5.91 Å². The van der Waals surface area contributed by atoms with Crippen LogP contribution in [0.3, 0.4) is 0 Å². The number of piperazine rings is 1. The first-order valence-corrected chi connectivity index (χ1v) is 8.12. The molecule has 0 bridgehead atoms. The largest absolute Gasteiger partial charge is 0.493 e. The van der Waals surface area contributed by atoms with Gasteiger partial charge in [-0.15, -0.1) is 0 Å². The van der Waals surface area contributed by atoms with Crippen LogP contribution in [0.25, 0.3) is 0 Å². The predicted molar refractivity (Wildman–Crippen MR) is 84.7 cm³/mol. The van der Waals surface area contributed by atoms with Crippen LogP contribution in [0.2, 0.25) is 0 Å². The van der Waals surface area contributed by atoms with Gasteiger partial charge in [0.25, 0.3) is 5.91 Å². The van der Waals surface area contributed by atoms with Crippen LogP contribution >= 0.6 is 0 Å². The maximum absolute atomic E-state index is 12.5. The summed E-state index contributed by atoms with van der Waals surface area (Å²) in [4.78, 5) is 14.4. The van der Waals surface area contributed by atoms with E-state index in [0.29, 0.717) is 11.3 Å². The van der Waals surface area contributed by atoms with E-state index in [1.54, 1.807) is 13.2 Å². The molecule has 1 aromatic rings. The van der Waals surface area contributed by atoms with Crippen molar-refractivity contribution in [1.29, 1.82) is 0 Å². The summed E-state index contributed by atoms with van der Waals surface area (Å²) >= 11 is 0. The van der Waals surface area contributed by atoms with Crippen LogP contribution in [0.1, 0.15) is 36.0 Å². The molecule has 0 unspecified atom stereocenters. The minimum Gasteiger partial charge on any atom is -0.493 e. The quantitative estimate of drug-likeness (QED) is 0.925. The third kappa shape index (κ3) is 3.35. The Kier molecular flexibility index (Phi) is 4.83. The number of benzene rings is 1. The molecular formula is C17H24N2O3. The van der Waals surface area contributed by atoms with Gasteiger partial charge in [0.1, 0.15) is 0 Å². The van der Waals surface area contributed by atoms with Crippen molar-refractivity contribution < 1.29 is 14.3 Å². The molecule has 1 amide bonds. The van der Waals surface area contributed by atoms with Gasteiger partial charge in [0, 0.05) is 31.7 Å². The predicted octanol–water partition coefficient (Wildman–Crippen LogP) is 2.06. The average Bonchev–Trinajstić information content (AvgIpc) is 3.08. The normalized spacial score (nSPS) is 19.2. The Morgan fingerprint density at radius 3 is 2.59 bits per heavy atom. The zero-order valence-corrected chi connectivity index (χ0v) is 13.1. The summed E-state index contributed by atoms with van der Waals surface area (Å²) in [6, 6.07) is 5.51. The molecule has 120 valence electrons. The smallest absolute Gasteiger partial charge is 0.254 e. The van der Waals surface area contributed by atoms with Crippen molar-refractivity contribution in [3.05, 3.63) is 23.8 Å². The minimum atomic E-state index is 0.0622. The van der Waals surface area contributed by atoms with Crippen LogP contribution in [0.4, 0.5) is 0 Å². The second kappa shape index (κ2) is 7.01. The Morgan fingerprint density at radius 1 is 1.18 bits per heavy atom. The van der Waals surface area contributed by atoms with Crippen LogP contribution in [0.15, 0.2) is 18.2 Å². The van der Waals surface area contributed by atoms with E-state index in [4.69, 9.17) is 9.47 Å². The Balaban J connectivity index is 1.73. The lowest BCUT2D eigenvalue weighted by Crippen LogP contribution is -2.46. The van der Waals surface area contributed by atoms with Gasteiger partial charge in [-0.1, -0.05) is 0 Å². The highest BCUT2D eigenvalue weighted by molar-refractivity contribution is 5.95. The third-order valence-corrected chi connectivity index (χ3v) is 4.41. The standard InChI is InChI=1S/C17H24N2O3/c1-21-16-12-13(17(20)19-10-8-18-9-11-19)6-7-15(16)22-14-4-2-3-5-14/h6-7,12,14,18H,2-5,8-11H2,1H3. The molecule has 22 heavy (non-hydrogen) atoms. The molecule has 1 N–H and O–H groups in total. The molecule has 1 aliphatic heterocycles. The van der Waals surface area contributed by atoms with E-state index in [2.05, 4.69) is 5.32 Å². The summed E-state index contributed by atoms with van der Waals surface area (Å²) < 4.78 is 11.4. The first kappa shape index (κ1) is 15.2. The summed E-state index contributed by atoms with van der Waals surface area (Å²) in [5.41, 5.74) is 0.664. The van der Waals surface area contributed by atoms with Crippen LogP contribution < -0.4 is 14.8 Å². The number of hydrogen-bond donors (Lipinski definition) is 1. The van der Waals surface area contributed by atoms with E-state index in [-0.39, 0.29) is 12.0 Å². The summed E-state index contributed by atoms with van der Waals surface area (Å²) in [6.07, 6.45) is 4.94. The molecule has 1 saturated heterocycles. The van der Waals surface area contributed by atoms with E-state index in [1.165, 1.54) is 12.8 Å². The van der Waals surface area contributed by atoms with Gasteiger partial charge in [-0.25, -0.2) is 0 Å². The molecule has 2 fully saturated rings. The Hall–Kier alpha value is -1.75. The van der Waals surface area contributed by atoms with Gasteiger partial charge in [0.2, 0.25) is 0 Å². The number of methoxy groups -OCH3 is 1. The fourth-order valence-electron chi connectivity index (χ4n) is 3.13. The molecule has 0 radical (unpaired) electrons. The molecule has 5 heteroatoms. The summed E-state index contributed by atoms with van der Waals surface area (Å²) in [7, 11) is 1.62. The molecule has 0 aromatic heterocycles. The molecular weight excluding hydrogens is 280 g/mol. The Labute approximate surface area is 131 Å². The Morgan fingerprint density at radius 2 is 1.91 bits per heavy atom. The SMILES string of the molecule is COc1cc(C(=O)N2CCNCC2)ccc1OC1CCCC1. The van der Waals surface area contributed by atoms with Crippen molar-refractivity contribution in [3.8, 4) is 11.5 Å². The van der Waals surface area contributed by atoms with Gasteiger partial charge in [-0.3, -0.25) is 4.79 Å².